The van der Waals surface area contributed by atoms with Crippen LogP contribution >= 0.6 is 0 Å². The van der Waals surface area contributed by atoms with Crippen LogP contribution < -0.4 is 4.74 Å². The number of aromatic nitrogens is 2. The Kier molecular flexibility index (Phi) is 5.34. The smallest absolute Gasteiger partial charge is 0.131 e. The molecule has 0 aliphatic carbocycles. The SMILES string of the molecule is c1ccc2c(c1)Oc1ccccc1C2c1c(-n2c3ccccc3c3ccccc32)cccc1-n1c2ccccc2c2ccccc21. The van der Waals surface area contributed by atoms with Gasteiger partial charge in [-0.1, -0.05) is 115 Å². The summed E-state index contributed by atoms with van der Waals surface area (Å²) in [6.07, 6.45) is 0. The van der Waals surface area contributed by atoms with Crippen molar-refractivity contribution in [1.82, 2.24) is 9.13 Å². The summed E-state index contributed by atoms with van der Waals surface area (Å²) in [5.74, 6) is 1.72. The molecule has 46 heavy (non-hydrogen) atoms. The highest BCUT2D eigenvalue weighted by Gasteiger charge is 2.33. The number of hydrogen-bond acceptors (Lipinski definition) is 1. The molecule has 0 atom stereocenters. The lowest BCUT2D eigenvalue weighted by molar-refractivity contribution is 0.453. The summed E-state index contributed by atoms with van der Waals surface area (Å²) < 4.78 is 11.5. The number of ether oxygens (including phenoxy) is 1. The van der Waals surface area contributed by atoms with Crippen molar-refractivity contribution >= 4 is 43.6 Å². The first-order chi connectivity index (χ1) is 22.9. The van der Waals surface area contributed by atoms with Crippen molar-refractivity contribution in [2.24, 2.45) is 0 Å². The average Bonchev–Trinajstić information content (AvgIpc) is 3.63. The minimum Gasteiger partial charge on any atom is -0.457 e. The highest BCUT2D eigenvalue weighted by molar-refractivity contribution is 6.11. The normalized spacial score (nSPS) is 12.9. The molecule has 0 amide bonds. The third-order valence-electron chi connectivity index (χ3n) is 9.67. The molecule has 0 fully saturated rings. The molecule has 1 aliphatic heterocycles. The van der Waals surface area contributed by atoms with E-state index in [4.69, 9.17) is 4.74 Å². The first kappa shape index (κ1) is 25.3. The maximum absolute atomic E-state index is 6.56. The summed E-state index contributed by atoms with van der Waals surface area (Å²) in [6, 6.07) is 59.0. The molecule has 3 heteroatoms. The Bertz CT molecular complexity index is 2360. The van der Waals surface area contributed by atoms with E-state index in [1.54, 1.807) is 0 Å². The molecule has 3 heterocycles. The number of hydrogen-bond donors (Lipinski definition) is 0. The molecule has 216 valence electrons. The molecule has 10 rings (SSSR count). The highest BCUT2D eigenvalue weighted by atomic mass is 16.5. The zero-order valence-electron chi connectivity index (χ0n) is 25.0. The Morgan fingerprint density at radius 3 is 1.11 bits per heavy atom. The summed E-state index contributed by atoms with van der Waals surface area (Å²) in [7, 11) is 0. The second-order valence-corrected chi connectivity index (χ2v) is 12.1. The molecule has 9 aromatic rings. The lowest BCUT2D eigenvalue weighted by Gasteiger charge is -2.32. The van der Waals surface area contributed by atoms with E-state index in [-0.39, 0.29) is 5.92 Å². The maximum atomic E-state index is 6.56. The van der Waals surface area contributed by atoms with Crippen LogP contribution in [0.2, 0.25) is 0 Å². The van der Waals surface area contributed by atoms with E-state index in [9.17, 15) is 0 Å². The van der Waals surface area contributed by atoms with Gasteiger partial charge in [0.1, 0.15) is 11.5 Å². The number of fused-ring (bicyclic) bond motifs is 8. The van der Waals surface area contributed by atoms with Crippen LogP contribution in [0.25, 0.3) is 55.0 Å². The van der Waals surface area contributed by atoms with Gasteiger partial charge in [-0.05, 0) is 48.5 Å². The van der Waals surface area contributed by atoms with E-state index in [2.05, 4.69) is 173 Å². The fourth-order valence-electron chi connectivity index (χ4n) is 7.81. The van der Waals surface area contributed by atoms with Gasteiger partial charge in [0.25, 0.3) is 0 Å². The first-order valence-electron chi connectivity index (χ1n) is 15.8. The van der Waals surface area contributed by atoms with Crippen LogP contribution in [0.4, 0.5) is 0 Å². The summed E-state index contributed by atoms with van der Waals surface area (Å²) in [6.45, 7) is 0. The van der Waals surface area contributed by atoms with E-state index in [0.29, 0.717) is 0 Å². The maximum Gasteiger partial charge on any atom is 0.131 e. The van der Waals surface area contributed by atoms with Crippen molar-refractivity contribution in [3.05, 3.63) is 180 Å². The van der Waals surface area contributed by atoms with Crippen molar-refractivity contribution in [2.45, 2.75) is 5.92 Å². The van der Waals surface area contributed by atoms with Crippen molar-refractivity contribution in [1.29, 1.82) is 0 Å². The predicted molar refractivity (Wildman–Crippen MR) is 189 cm³/mol. The third kappa shape index (κ3) is 3.48. The van der Waals surface area contributed by atoms with Gasteiger partial charge in [0, 0.05) is 44.2 Å². The topological polar surface area (TPSA) is 19.1 Å². The largest absolute Gasteiger partial charge is 0.457 e. The molecule has 0 unspecified atom stereocenters. The van der Waals surface area contributed by atoms with Gasteiger partial charge in [0.05, 0.1) is 33.4 Å². The molecule has 7 aromatic carbocycles. The number of benzene rings is 7. The minimum absolute atomic E-state index is 0.0767. The van der Waals surface area contributed by atoms with Crippen molar-refractivity contribution in [3.8, 4) is 22.9 Å². The lowest BCUT2D eigenvalue weighted by Crippen LogP contribution is -2.16. The van der Waals surface area contributed by atoms with Crippen LogP contribution in [0.3, 0.4) is 0 Å². The van der Waals surface area contributed by atoms with Gasteiger partial charge in [-0.3, -0.25) is 0 Å². The molecule has 0 saturated heterocycles. The Morgan fingerprint density at radius 2 is 0.696 bits per heavy atom. The Balaban J connectivity index is 1.42. The minimum atomic E-state index is -0.0767. The van der Waals surface area contributed by atoms with Crippen LogP contribution in [0.5, 0.6) is 11.5 Å². The quantitative estimate of drug-likeness (QED) is 0.201. The molecule has 0 bridgehead atoms. The molecule has 0 radical (unpaired) electrons. The first-order valence-corrected chi connectivity index (χ1v) is 15.8. The number of rotatable bonds is 3. The van der Waals surface area contributed by atoms with Crippen LogP contribution in [-0.4, -0.2) is 9.13 Å². The zero-order chi connectivity index (χ0) is 30.2. The van der Waals surface area contributed by atoms with Gasteiger partial charge in [0.2, 0.25) is 0 Å². The Hall–Kier alpha value is -6.06. The Morgan fingerprint density at radius 1 is 0.348 bits per heavy atom. The molecule has 2 aromatic heterocycles. The lowest BCUT2D eigenvalue weighted by atomic mass is 9.80. The van der Waals surface area contributed by atoms with Crippen LogP contribution in [0.15, 0.2) is 164 Å². The molecule has 0 N–H and O–H groups in total. The second-order valence-electron chi connectivity index (χ2n) is 12.1. The fourth-order valence-corrected chi connectivity index (χ4v) is 7.81. The zero-order valence-corrected chi connectivity index (χ0v) is 25.0. The average molecular weight is 589 g/mol. The van der Waals surface area contributed by atoms with Crippen molar-refractivity contribution < 1.29 is 4.74 Å². The van der Waals surface area contributed by atoms with E-state index < -0.39 is 0 Å². The van der Waals surface area contributed by atoms with E-state index in [0.717, 1.165) is 34.0 Å². The molecule has 3 nitrogen and oxygen atoms in total. The van der Waals surface area contributed by atoms with Gasteiger partial charge >= 0.3 is 0 Å². The number of para-hydroxylation sites is 6. The number of nitrogens with zero attached hydrogens (tertiary/aromatic N) is 2. The van der Waals surface area contributed by atoms with E-state index in [1.165, 1.54) is 49.2 Å². The fraction of sp³-hybridized carbons (Fsp3) is 0.0233. The monoisotopic (exact) mass is 588 g/mol. The van der Waals surface area contributed by atoms with Crippen molar-refractivity contribution in [3.63, 3.8) is 0 Å². The molecular formula is C43H28N2O. The predicted octanol–water partition coefficient (Wildman–Crippen LogP) is 11.2. The van der Waals surface area contributed by atoms with E-state index in [1.807, 2.05) is 0 Å². The summed E-state index contributed by atoms with van der Waals surface area (Å²) in [5.41, 5.74) is 10.7. The third-order valence-corrected chi connectivity index (χ3v) is 9.67. The standard InChI is InChI=1S/C43H28N2O/c1-7-20-34-28(14-1)29-15-2-8-21-35(29)44(34)38-24-13-25-39(45-36-22-9-3-16-30(36)31-17-4-10-23-37(31)45)43(38)42-32-18-5-11-26-40(32)46-41-27-12-6-19-33(41)42/h1-27,42H. The second kappa shape index (κ2) is 9.72. The van der Waals surface area contributed by atoms with Gasteiger partial charge in [-0.15, -0.1) is 0 Å². The summed E-state index contributed by atoms with van der Waals surface area (Å²) >= 11 is 0. The van der Waals surface area contributed by atoms with Gasteiger partial charge in [0.15, 0.2) is 0 Å². The molecular weight excluding hydrogens is 560 g/mol. The van der Waals surface area contributed by atoms with Crippen LogP contribution in [0, 0.1) is 0 Å². The van der Waals surface area contributed by atoms with Crippen LogP contribution in [-0.2, 0) is 0 Å². The summed E-state index contributed by atoms with van der Waals surface area (Å²) in [5, 5.41) is 5.00. The van der Waals surface area contributed by atoms with Gasteiger partial charge < -0.3 is 13.9 Å². The van der Waals surface area contributed by atoms with E-state index >= 15 is 0 Å². The van der Waals surface area contributed by atoms with Gasteiger partial charge in [-0.2, -0.15) is 0 Å². The Labute approximate surface area is 266 Å². The van der Waals surface area contributed by atoms with Crippen molar-refractivity contribution in [2.75, 3.05) is 0 Å². The molecule has 0 spiro atoms. The highest BCUT2D eigenvalue weighted by Crippen LogP contribution is 2.51. The van der Waals surface area contributed by atoms with Gasteiger partial charge in [-0.25, -0.2) is 0 Å². The molecule has 0 saturated carbocycles. The molecule has 1 aliphatic rings. The van der Waals surface area contributed by atoms with Crippen LogP contribution in [0.1, 0.15) is 22.6 Å². The summed E-state index contributed by atoms with van der Waals surface area (Å²) in [4.78, 5) is 0.